The summed E-state index contributed by atoms with van der Waals surface area (Å²) >= 11 is 6.38. The number of rotatable bonds is 6. The highest BCUT2D eigenvalue weighted by Gasteiger charge is 2.37. The molecule has 0 aliphatic heterocycles. The number of hydrogen-bond donors (Lipinski definition) is 3. The second-order valence-electron chi connectivity index (χ2n) is 8.98. The molecule has 0 spiro atoms. The first kappa shape index (κ1) is 26.2. The molecular formula is C27H21ClF3N5O3. The molecule has 0 atom stereocenters. The van der Waals surface area contributed by atoms with Crippen LogP contribution < -0.4 is 15.9 Å². The van der Waals surface area contributed by atoms with Crippen molar-refractivity contribution in [3.8, 4) is 17.0 Å². The van der Waals surface area contributed by atoms with Gasteiger partial charge in [0.2, 0.25) is 0 Å². The van der Waals surface area contributed by atoms with Crippen molar-refractivity contribution in [2.24, 2.45) is 0 Å². The predicted octanol–water partition coefficient (Wildman–Crippen LogP) is 5.46. The summed E-state index contributed by atoms with van der Waals surface area (Å²) in [5.41, 5.74) is 0.430. The summed E-state index contributed by atoms with van der Waals surface area (Å²) in [4.78, 5) is 33.9. The molecule has 39 heavy (non-hydrogen) atoms. The number of nitrogens with zero attached hydrogens (tertiary/aromatic N) is 2. The molecule has 0 aliphatic carbocycles. The Morgan fingerprint density at radius 2 is 1.85 bits per heavy atom. The van der Waals surface area contributed by atoms with Crippen LogP contribution in [-0.4, -0.2) is 25.1 Å². The maximum atomic E-state index is 13.6. The van der Waals surface area contributed by atoms with Gasteiger partial charge in [-0.1, -0.05) is 23.7 Å². The second-order valence-corrected chi connectivity index (χ2v) is 9.39. The molecule has 0 radical (unpaired) electrons. The van der Waals surface area contributed by atoms with Gasteiger partial charge in [-0.05, 0) is 43.2 Å². The van der Waals surface area contributed by atoms with E-state index in [2.05, 4.69) is 20.2 Å². The first-order valence-corrected chi connectivity index (χ1v) is 12.1. The monoisotopic (exact) mass is 555 g/mol. The van der Waals surface area contributed by atoms with E-state index in [4.69, 9.17) is 16.3 Å². The third-order valence-electron chi connectivity index (χ3n) is 6.36. The number of benzene rings is 1. The van der Waals surface area contributed by atoms with Crippen molar-refractivity contribution >= 4 is 22.5 Å². The summed E-state index contributed by atoms with van der Waals surface area (Å²) in [5, 5.41) is 8.00. The summed E-state index contributed by atoms with van der Waals surface area (Å²) in [5.74, 6) is 0.393. The van der Waals surface area contributed by atoms with E-state index >= 15 is 0 Å². The lowest BCUT2D eigenvalue weighted by molar-refractivity contribution is -0.139. The minimum Gasteiger partial charge on any atom is -0.487 e. The van der Waals surface area contributed by atoms with Crippen LogP contribution in [0.15, 0.2) is 58.5 Å². The van der Waals surface area contributed by atoms with Crippen molar-refractivity contribution in [2.75, 3.05) is 0 Å². The quantitative estimate of drug-likeness (QED) is 0.257. The summed E-state index contributed by atoms with van der Waals surface area (Å²) in [6, 6.07) is 8.43. The maximum absolute atomic E-state index is 13.6. The number of alkyl halides is 3. The molecule has 0 saturated heterocycles. The molecule has 12 heteroatoms. The average Bonchev–Trinajstić information content (AvgIpc) is 3.30. The Morgan fingerprint density at radius 1 is 1.05 bits per heavy atom. The topological polar surface area (TPSA) is 117 Å². The van der Waals surface area contributed by atoms with Crippen LogP contribution in [0.4, 0.5) is 13.2 Å². The van der Waals surface area contributed by atoms with Crippen LogP contribution in [0.25, 0.3) is 22.2 Å². The molecule has 3 N–H and O–H groups in total. The first-order chi connectivity index (χ1) is 18.5. The highest BCUT2D eigenvalue weighted by Crippen LogP contribution is 2.35. The molecule has 4 aromatic heterocycles. The van der Waals surface area contributed by atoms with Gasteiger partial charge in [0, 0.05) is 46.6 Å². The minimum atomic E-state index is -4.91. The van der Waals surface area contributed by atoms with Crippen molar-refractivity contribution in [3.05, 3.63) is 108 Å². The van der Waals surface area contributed by atoms with E-state index < -0.39 is 29.3 Å². The zero-order chi connectivity index (χ0) is 27.9. The van der Waals surface area contributed by atoms with E-state index in [0.29, 0.717) is 11.3 Å². The van der Waals surface area contributed by atoms with Gasteiger partial charge in [-0.3, -0.25) is 14.7 Å². The Labute approximate surface area is 223 Å². The van der Waals surface area contributed by atoms with E-state index in [0.717, 1.165) is 40.2 Å². The Balaban J connectivity index is 1.55. The largest absolute Gasteiger partial charge is 0.487 e. The van der Waals surface area contributed by atoms with Crippen LogP contribution in [0.5, 0.6) is 5.75 Å². The number of pyridine rings is 3. The second kappa shape index (κ2) is 10.1. The van der Waals surface area contributed by atoms with E-state index in [1.165, 1.54) is 6.20 Å². The van der Waals surface area contributed by atoms with Gasteiger partial charge in [-0.25, -0.2) is 4.98 Å². The molecule has 0 fully saturated rings. The summed E-state index contributed by atoms with van der Waals surface area (Å²) in [6.45, 7) is 3.55. The number of halogens is 4. The standard InChI is InChI=1S/C27H21ClF3N5O3/c1-13-10-34-36-23(13)17-8-14(2)35-24-16(17)4-3-5-21(24)39-12-19-18(25(37)33-11-20(19)28)9-15-6-7-32-26(38)22(15)27(29,30)31/h3-8,10-11H,9,12H2,1-2H3,(H,32,38)(H,33,37)(H,34,36). The fourth-order valence-corrected chi connectivity index (χ4v) is 4.76. The van der Waals surface area contributed by atoms with E-state index in [9.17, 15) is 22.8 Å². The van der Waals surface area contributed by atoms with Crippen LogP contribution >= 0.6 is 11.6 Å². The SMILES string of the molecule is Cc1cc(-c2[nH]ncc2C)c2cccc(OCc3c(Cl)c[nH]c(=O)c3Cc3cc[nH]c(=O)c3C(F)(F)F)c2n1. The van der Waals surface area contributed by atoms with Gasteiger partial charge in [0.1, 0.15) is 23.4 Å². The number of ether oxygens (including phenoxy) is 1. The van der Waals surface area contributed by atoms with Crippen molar-refractivity contribution < 1.29 is 17.9 Å². The van der Waals surface area contributed by atoms with Crippen molar-refractivity contribution in [1.82, 2.24) is 25.1 Å². The third kappa shape index (κ3) is 5.05. The van der Waals surface area contributed by atoms with Gasteiger partial charge in [-0.2, -0.15) is 18.3 Å². The summed E-state index contributed by atoms with van der Waals surface area (Å²) in [6.07, 6.45) is -1.32. The van der Waals surface area contributed by atoms with Gasteiger partial charge < -0.3 is 14.7 Å². The minimum absolute atomic E-state index is 0.0447. The molecule has 200 valence electrons. The number of H-pyrrole nitrogens is 3. The van der Waals surface area contributed by atoms with Gasteiger partial charge in [-0.15, -0.1) is 0 Å². The number of para-hydroxylation sites is 1. The molecule has 1 aromatic carbocycles. The molecule has 0 bridgehead atoms. The van der Waals surface area contributed by atoms with Gasteiger partial charge in [0.25, 0.3) is 11.1 Å². The molecule has 5 rings (SSSR count). The zero-order valence-electron chi connectivity index (χ0n) is 20.7. The summed E-state index contributed by atoms with van der Waals surface area (Å²) < 4.78 is 47.0. The van der Waals surface area contributed by atoms with Crippen molar-refractivity contribution in [3.63, 3.8) is 0 Å². The van der Waals surface area contributed by atoms with Gasteiger partial charge in [0.05, 0.1) is 16.9 Å². The lowest BCUT2D eigenvalue weighted by atomic mass is 9.98. The molecule has 0 saturated carbocycles. The molecule has 0 unspecified atom stereocenters. The fourth-order valence-electron chi connectivity index (χ4n) is 4.54. The fraction of sp³-hybridized carbons (Fsp3) is 0.185. The smallest absolute Gasteiger partial charge is 0.421 e. The number of fused-ring (bicyclic) bond motifs is 1. The predicted molar refractivity (Wildman–Crippen MR) is 140 cm³/mol. The Bertz CT molecular complexity index is 1820. The third-order valence-corrected chi connectivity index (χ3v) is 6.69. The van der Waals surface area contributed by atoms with E-state index in [1.54, 1.807) is 18.3 Å². The zero-order valence-corrected chi connectivity index (χ0v) is 21.4. The van der Waals surface area contributed by atoms with Gasteiger partial charge in [0.15, 0.2) is 0 Å². The Kier molecular flexibility index (Phi) is 6.77. The van der Waals surface area contributed by atoms with Crippen molar-refractivity contribution in [1.29, 1.82) is 0 Å². The molecule has 0 aliphatic rings. The number of aromatic amines is 3. The summed E-state index contributed by atoms with van der Waals surface area (Å²) in [7, 11) is 0. The average molecular weight is 556 g/mol. The molecule has 0 amide bonds. The molecule has 4 heterocycles. The number of aromatic nitrogens is 5. The van der Waals surface area contributed by atoms with Crippen LogP contribution in [-0.2, 0) is 19.2 Å². The van der Waals surface area contributed by atoms with E-state index in [-0.39, 0.29) is 28.3 Å². The number of hydrogen-bond acceptors (Lipinski definition) is 5. The maximum Gasteiger partial charge on any atom is 0.421 e. The number of aryl methyl sites for hydroxylation is 2. The van der Waals surface area contributed by atoms with Gasteiger partial charge >= 0.3 is 6.18 Å². The first-order valence-electron chi connectivity index (χ1n) is 11.7. The molecular weight excluding hydrogens is 535 g/mol. The highest BCUT2D eigenvalue weighted by molar-refractivity contribution is 6.31. The number of nitrogens with one attached hydrogen (secondary N) is 3. The van der Waals surface area contributed by atoms with Crippen molar-refractivity contribution in [2.45, 2.75) is 33.1 Å². The lowest BCUT2D eigenvalue weighted by Crippen LogP contribution is -2.25. The van der Waals surface area contributed by atoms with Crippen LogP contribution in [0.1, 0.15) is 33.5 Å². The highest BCUT2D eigenvalue weighted by atomic mass is 35.5. The normalized spacial score (nSPS) is 11.7. The Hall–Kier alpha value is -4.38. The van der Waals surface area contributed by atoms with Crippen LogP contribution in [0.2, 0.25) is 5.02 Å². The van der Waals surface area contributed by atoms with E-state index in [1.807, 2.05) is 31.0 Å². The Morgan fingerprint density at radius 3 is 2.56 bits per heavy atom. The van der Waals surface area contributed by atoms with Crippen LogP contribution in [0, 0.1) is 13.8 Å². The van der Waals surface area contributed by atoms with Crippen LogP contribution in [0.3, 0.4) is 0 Å². The molecule has 5 aromatic rings. The molecule has 8 nitrogen and oxygen atoms in total. The lowest BCUT2D eigenvalue weighted by Gasteiger charge is -2.16.